The number of esters is 1. The van der Waals surface area contributed by atoms with Crippen LogP contribution >= 0.6 is 15.6 Å². The van der Waals surface area contributed by atoms with Gasteiger partial charge in [0.25, 0.3) is 5.56 Å². The third kappa shape index (κ3) is 6.48. The molecule has 2 aliphatic heterocycles. The van der Waals surface area contributed by atoms with Crippen LogP contribution in [0.25, 0.3) is 11.0 Å². The number of rotatable bonds is 9. The van der Waals surface area contributed by atoms with Gasteiger partial charge in [0, 0.05) is 31.0 Å². The number of benzene rings is 1. The summed E-state index contributed by atoms with van der Waals surface area (Å²) in [6.07, 6.45) is -6.86. The minimum Gasteiger partial charge on any atom is -0.435 e. The first kappa shape index (κ1) is 30.4. The number of hydrogen-bond acceptors (Lipinski definition) is 15. The Bertz CT molecular complexity index is 1680. The van der Waals surface area contributed by atoms with Gasteiger partial charge in [-0.1, -0.05) is 17.3 Å². The number of aliphatic hydroxyl groups is 2. The molecule has 0 amide bonds. The first-order valence-electron chi connectivity index (χ1n) is 12.3. The Kier molecular flexibility index (Phi) is 8.65. The first-order chi connectivity index (χ1) is 19.9. The van der Waals surface area contributed by atoms with E-state index in [-0.39, 0.29) is 19.6 Å². The molecule has 228 valence electrons. The van der Waals surface area contributed by atoms with Gasteiger partial charge < -0.3 is 29.1 Å². The highest BCUT2D eigenvalue weighted by Crippen LogP contribution is 2.65. The van der Waals surface area contributed by atoms with Gasteiger partial charge in [-0.2, -0.15) is 4.31 Å². The van der Waals surface area contributed by atoms with Crippen molar-refractivity contribution >= 4 is 32.6 Å². The van der Waals surface area contributed by atoms with Crippen molar-refractivity contribution in [2.75, 3.05) is 13.2 Å². The summed E-state index contributed by atoms with van der Waals surface area (Å²) in [6.45, 7) is -0.395. The third-order valence-electron chi connectivity index (χ3n) is 6.22. The van der Waals surface area contributed by atoms with Crippen LogP contribution in [0.1, 0.15) is 25.3 Å². The number of fused-ring (bicyclic) bond motifs is 1. The lowest BCUT2D eigenvalue weighted by molar-refractivity contribution is -0.169. The molecule has 0 aliphatic carbocycles. The number of aromatic nitrogens is 3. The molecule has 2 saturated heterocycles. The Morgan fingerprint density at radius 3 is 2.74 bits per heavy atom. The number of phosphoric acid groups is 2. The summed E-state index contributed by atoms with van der Waals surface area (Å²) in [7, 11) is -9.92. The first-order valence-corrected chi connectivity index (χ1v) is 15.3. The van der Waals surface area contributed by atoms with Gasteiger partial charge >= 0.3 is 27.3 Å². The third-order valence-corrected chi connectivity index (χ3v) is 9.31. The summed E-state index contributed by atoms with van der Waals surface area (Å²) in [6, 6.07) is 7.85. The number of carbonyl (C=O) groups is 1. The fourth-order valence-corrected chi connectivity index (χ4v) is 6.99. The molecule has 7 atom stereocenters. The van der Waals surface area contributed by atoms with Crippen molar-refractivity contribution < 1.29 is 60.9 Å². The summed E-state index contributed by atoms with van der Waals surface area (Å²) in [4.78, 5) is 46.9. The van der Waals surface area contributed by atoms with Crippen molar-refractivity contribution in [1.29, 1.82) is 0 Å². The molecule has 0 spiro atoms. The second-order valence-electron chi connectivity index (χ2n) is 9.16. The van der Waals surface area contributed by atoms with Crippen LogP contribution in [0.5, 0.6) is 0 Å². The van der Waals surface area contributed by atoms with Crippen molar-refractivity contribution in [2.24, 2.45) is 0 Å². The van der Waals surface area contributed by atoms with Gasteiger partial charge in [-0.15, -0.1) is 0 Å². The zero-order valence-corrected chi connectivity index (χ0v) is 23.4. The Hall–Kier alpha value is -3.02. The second kappa shape index (κ2) is 11.9. The maximum Gasteiger partial charge on any atom is 0.486 e. The number of nitrogens with zero attached hydrogens (tertiary/aromatic N) is 3. The SMILES string of the molecule is CC(=O)OC1CCOP(=O)(OP(=O)(O)OC[C@H]2O[C@@H](n3ccc(=O)n(Cc4noc5ccccc45)c3=O)C(O)[C@H]2O)O1. The molecule has 42 heavy (non-hydrogen) atoms. The molecule has 2 aromatic heterocycles. The van der Waals surface area contributed by atoms with E-state index in [9.17, 15) is 38.6 Å². The van der Waals surface area contributed by atoms with E-state index in [4.69, 9.17) is 27.6 Å². The van der Waals surface area contributed by atoms with Crippen LogP contribution in [0, 0.1) is 0 Å². The molecule has 0 bridgehead atoms. The molecule has 5 rings (SSSR count). The van der Waals surface area contributed by atoms with E-state index < -0.39 is 70.3 Å². The Balaban J connectivity index is 1.27. The van der Waals surface area contributed by atoms with E-state index in [2.05, 4.69) is 9.47 Å². The topological polar surface area (TPSA) is 237 Å². The van der Waals surface area contributed by atoms with Gasteiger partial charge in [0.05, 0.1) is 19.8 Å². The smallest absolute Gasteiger partial charge is 0.435 e. The predicted molar refractivity (Wildman–Crippen MR) is 136 cm³/mol. The van der Waals surface area contributed by atoms with Crippen LogP contribution in [-0.4, -0.2) is 73.2 Å². The van der Waals surface area contributed by atoms with Crippen LogP contribution in [-0.2, 0) is 47.8 Å². The van der Waals surface area contributed by atoms with Crippen LogP contribution in [0.4, 0.5) is 0 Å². The zero-order chi connectivity index (χ0) is 30.2. The molecular formula is C22H25N3O15P2. The van der Waals surface area contributed by atoms with Crippen molar-refractivity contribution in [3.05, 3.63) is 63.1 Å². The molecule has 2 fully saturated rings. The number of para-hydroxylation sites is 1. The van der Waals surface area contributed by atoms with Gasteiger partial charge in [0.1, 0.15) is 24.0 Å². The average molecular weight is 633 g/mol. The van der Waals surface area contributed by atoms with E-state index in [0.717, 1.165) is 28.3 Å². The van der Waals surface area contributed by atoms with Crippen LogP contribution in [0.15, 0.2) is 50.6 Å². The highest BCUT2D eigenvalue weighted by atomic mass is 31.3. The van der Waals surface area contributed by atoms with E-state index in [1.807, 2.05) is 0 Å². The number of hydrogen-bond donors (Lipinski definition) is 3. The molecule has 20 heteroatoms. The monoisotopic (exact) mass is 633 g/mol. The molecule has 18 nitrogen and oxygen atoms in total. The second-order valence-corrected chi connectivity index (χ2v) is 12.4. The quantitative estimate of drug-likeness (QED) is 0.213. The molecule has 4 unspecified atom stereocenters. The predicted octanol–water partition coefficient (Wildman–Crippen LogP) is 0.386. The number of aliphatic hydroxyl groups excluding tert-OH is 2. The van der Waals surface area contributed by atoms with Gasteiger partial charge in [-0.05, 0) is 12.1 Å². The lowest BCUT2D eigenvalue weighted by Gasteiger charge is -2.28. The van der Waals surface area contributed by atoms with Crippen LogP contribution in [0.3, 0.4) is 0 Å². The lowest BCUT2D eigenvalue weighted by atomic mass is 10.1. The van der Waals surface area contributed by atoms with Crippen molar-refractivity contribution in [1.82, 2.24) is 14.3 Å². The summed E-state index contributed by atoms with van der Waals surface area (Å²) in [5, 5.41) is 25.6. The zero-order valence-electron chi connectivity index (χ0n) is 21.7. The van der Waals surface area contributed by atoms with Crippen LogP contribution < -0.4 is 11.2 Å². The standard InChI is InChI=1S/C22H25N3O15P2/c1-12(26)36-18-7-9-34-42(33,39-18)40-41(31,32)35-11-16-19(28)20(29)21(37-16)24-8-6-17(27)25(22(24)30)10-14-13-4-2-3-5-15(13)38-23-14/h2-6,8,16,18-21,28-29H,7,9-11H2,1H3,(H,31,32)/t16-,18?,19+,20?,21-,42?/m1/s1. The summed E-state index contributed by atoms with van der Waals surface area (Å²) >= 11 is 0. The molecule has 3 N–H and O–H groups in total. The highest BCUT2D eigenvalue weighted by Gasteiger charge is 2.48. The van der Waals surface area contributed by atoms with Crippen molar-refractivity contribution in [3.8, 4) is 0 Å². The minimum atomic E-state index is -5.21. The van der Waals surface area contributed by atoms with Gasteiger partial charge in [-0.3, -0.25) is 27.8 Å². The summed E-state index contributed by atoms with van der Waals surface area (Å²) in [5.41, 5.74) is -0.869. The molecule has 2 aliphatic rings. The number of phosphoric ester groups is 2. The van der Waals surface area contributed by atoms with Gasteiger partial charge in [0.2, 0.25) is 6.29 Å². The average Bonchev–Trinajstić information content (AvgIpc) is 3.45. The molecule has 0 saturated carbocycles. The molecule has 1 aromatic carbocycles. The minimum absolute atomic E-state index is 0.0211. The maximum atomic E-state index is 13.2. The molecular weight excluding hydrogens is 608 g/mol. The van der Waals surface area contributed by atoms with Gasteiger partial charge in [-0.25, -0.2) is 18.4 Å². The fraction of sp³-hybridized carbons (Fsp3) is 0.455. The van der Waals surface area contributed by atoms with Crippen LogP contribution in [0.2, 0.25) is 0 Å². The lowest BCUT2D eigenvalue weighted by Crippen LogP contribution is -2.43. The van der Waals surface area contributed by atoms with E-state index in [1.54, 1.807) is 24.3 Å². The van der Waals surface area contributed by atoms with E-state index >= 15 is 0 Å². The number of ether oxygens (including phenoxy) is 2. The summed E-state index contributed by atoms with van der Waals surface area (Å²) in [5.74, 6) is -0.765. The van der Waals surface area contributed by atoms with Crippen molar-refractivity contribution in [3.63, 3.8) is 0 Å². The molecule has 4 heterocycles. The summed E-state index contributed by atoms with van der Waals surface area (Å²) < 4.78 is 61.2. The Labute approximate surface area is 235 Å². The van der Waals surface area contributed by atoms with E-state index in [0.29, 0.717) is 16.7 Å². The maximum absolute atomic E-state index is 13.2. The van der Waals surface area contributed by atoms with E-state index in [1.165, 1.54) is 0 Å². The Morgan fingerprint density at radius 2 is 1.98 bits per heavy atom. The van der Waals surface area contributed by atoms with Gasteiger partial charge in [0.15, 0.2) is 11.8 Å². The molecule has 3 aromatic rings. The molecule has 0 radical (unpaired) electrons. The Morgan fingerprint density at radius 1 is 1.21 bits per heavy atom. The van der Waals surface area contributed by atoms with Crippen molar-refractivity contribution in [2.45, 2.75) is 50.7 Å². The largest absolute Gasteiger partial charge is 0.486 e. The fourth-order valence-electron chi connectivity index (χ4n) is 4.28. The normalized spacial score (nSPS) is 29.4. The highest BCUT2D eigenvalue weighted by molar-refractivity contribution is 7.61. The number of carbonyl (C=O) groups excluding carboxylic acids is 1.